The SMILES string of the molecule is COc1cc([C@@H](O[C@@H]2O[C@H](CO)[C@@H](O)[C@H](O)[C@H]2O)[C@H](CO)Oc2c(OC)cc(/C=C\CO)cc2OC)cc(OC)c1O. The van der Waals surface area contributed by atoms with E-state index < -0.39 is 56.1 Å². The predicted molar refractivity (Wildman–Crippen MR) is 146 cm³/mol. The average molecular weight is 599 g/mol. The highest BCUT2D eigenvalue weighted by Crippen LogP contribution is 2.44. The monoisotopic (exact) mass is 598 g/mol. The van der Waals surface area contributed by atoms with Crippen molar-refractivity contribution in [1.82, 2.24) is 0 Å². The van der Waals surface area contributed by atoms with E-state index >= 15 is 0 Å². The Kier molecular flexibility index (Phi) is 12.0. The van der Waals surface area contributed by atoms with Crippen LogP contribution < -0.4 is 23.7 Å². The lowest BCUT2D eigenvalue weighted by Gasteiger charge is -2.41. The van der Waals surface area contributed by atoms with Gasteiger partial charge in [-0.05, 0) is 35.4 Å². The smallest absolute Gasteiger partial charge is 0.204 e. The fourth-order valence-corrected chi connectivity index (χ4v) is 4.43. The molecule has 2 aromatic carbocycles. The van der Waals surface area contributed by atoms with Crippen molar-refractivity contribution < 1.29 is 68.9 Å². The van der Waals surface area contributed by atoms with Crippen LogP contribution in [0.15, 0.2) is 30.3 Å². The first-order chi connectivity index (χ1) is 20.2. The highest BCUT2D eigenvalue weighted by Gasteiger charge is 2.46. The summed E-state index contributed by atoms with van der Waals surface area (Å²) in [6.07, 6.45) is -7.50. The number of aliphatic hydroxyl groups is 6. The van der Waals surface area contributed by atoms with Crippen molar-refractivity contribution in [3.8, 4) is 34.5 Å². The van der Waals surface area contributed by atoms with E-state index in [2.05, 4.69) is 0 Å². The molecule has 14 heteroatoms. The van der Waals surface area contributed by atoms with E-state index in [0.717, 1.165) is 0 Å². The van der Waals surface area contributed by atoms with Gasteiger partial charge in [-0.1, -0.05) is 12.2 Å². The quantitative estimate of drug-likeness (QED) is 0.150. The van der Waals surface area contributed by atoms with E-state index in [4.69, 9.17) is 38.3 Å². The fraction of sp³-hybridized carbons (Fsp3) is 0.500. The van der Waals surface area contributed by atoms with Crippen molar-refractivity contribution in [2.45, 2.75) is 42.9 Å². The normalized spacial score (nSPS) is 23.8. The van der Waals surface area contributed by atoms with Crippen molar-refractivity contribution in [2.24, 2.45) is 0 Å². The van der Waals surface area contributed by atoms with Crippen molar-refractivity contribution in [2.75, 3.05) is 48.3 Å². The maximum absolute atomic E-state index is 10.7. The third-order valence-electron chi connectivity index (χ3n) is 6.65. The summed E-state index contributed by atoms with van der Waals surface area (Å²) in [6.45, 7) is -1.57. The second kappa shape index (κ2) is 15.2. The van der Waals surface area contributed by atoms with Gasteiger partial charge < -0.3 is 68.9 Å². The molecule has 1 aliphatic rings. The molecule has 0 saturated carbocycles. The van der Waals surface area contributed by atoms with Gasteiger partial charge in [0.15, 0.2) is 35.4 Å². The number of rotatable bonds is 14. The Morgan fingerprint density at radius 1 is 0.810 bits per heavy atom. The second-order valence-electron chi connectivity index (χ2n) is 9.21. The summed E-state index contributed by atoms with van der Waals surface area (Å²) in [5, 5.41) is 71.0. The molecule has 3 rings (SSSR count). The first kappa shape index (κ1) is 33.2. The molecule has 2 aromatic rings. The van der Waals surface area contributed by atoms with E-state index in [1.165, 1.54) is 46.6 Å². The zero-order chi connectivity index (χ0) is 31.0. The molecule has 1 saturated heterocycles. The molecule has 0 radical (unpaired) electrons. The van der Waals surface area contributed by atoms with E-state index in [-0.39, 0.29) is 46.7 Å². The largest absolute Gasteiger partial charge is 0.502 e. The molecule has 0 aromatic heterocycles. The van der Waals surface area contributed by atoms with Crippen molar-refractivity contribution >= 4 is 6.08 Å². The van der Waals surface area contributed by atoms with Gasteiger partial charge in [0.2, 0.25) is 11.5 Å². The maximum Gasteiger partial charge on any atom is 0.204 e. The van der Waals surface area contributed by atoms with Crippen LogP contribution in [0.1, 0.15) is 17.2 Å². The van der Waals surface area contributed by atoms with Crippen molar-refractivity contribution in [3.63, 3.8) is 0 Å². The first-order valence-electron chi connectivity index (χ1n) is 12.9. The Balaban J connectivity index is 2.12. The lowest BCUT2D eigenvalue weighted by molar-refractivity contribution is -0.318. The van der Waals surface area contributed by atoms with Gasteiger partial charge in [-0.3, -0.25) is 0 Å². The Labute approximate surface area is 242 Å². The molecular formula is C28H38O14. The van der Waals surface area contributed by atoms with Gasteiger partial charge in [0.1, 0.15) is 30.5 Å². The number of aliphatic hydroxyl groups excluding tert-OH is 6. The Hall–Kier alpha value is -3.34. The molecule has 0 aliphatic carbocycles. The van der Waals surface area contributed by atoms with Crippen LogP contribution in [0.25, 0.3) is 6.08 Å². The minimum absolute atomic E-state index is 0.0152. The highest BCUT2D eigenvalue weighted by molar-refractivity contribution is 5.62. The van der Waals surface area contributed by atoms with Gasteiger partial charge in [-0.2, -0.15) is 0 Å². The van der Waals surface area contributed by atoms with Crippen LogP contribution in [0.5, 0.6) is 34.5 Å². The molecule has 234 valence electrons. The third-order valence-corrected chi connectivity index (χ3v) is 6.65. The summed E-state index contributed by atoms with van der Waals surface area (Å²) >= 11 is 0. The van der Waals surface area contributed by atoms with Crippen LogP contribution in [0.3, 0.4) is 0 Å². The summed E-state index contributed by atoms with van der Waals surface area (Å²) in [5.41, 5.74) is 0.839. The Bertz CT molecular complexity index is 1140. The summed E-state index contributed by atoms with van der Waals surface area (Å²) in [7, 11) is 5.42. The van der Waals surface area contributed by atoms with Gasteiger partial charge >= 0.3 is 0 Å². The summed E-state index contributed by atoms with van der Waals surface area (Å²) in [4.78, 5) is 0. The molecule has 14 nitrogen and oxygen atoms in total. The van der Waals surface area contributed by atoms with Crippen LogP contribution in [0.2, 0.25) is 0 Å². The zero-order valence-corrected chi connectivity index (χ0v) is 23.6. The standard InChI is InChI=1S/C28H38O14/c1-36-16-10-15(11-17(37-2)22(16)32)26(42-28-25(35)24(34)23(33)20(12-30)41-28)21(13-31)40-27-18(38-3)8-14(6-5-7-29)9-19(27)39-4/h5-6,8-11,20-21,23-26,28-35H,7,12-13H2,1-4H3/b6-5-/t20-,21+,23-,24+,25-,26-,28+/m1/s1. The summed E-state index contributed by atoms with van der Waals surface area (Å²) < 4.78 is 39.4. The zero-order valence-electron chi connectivity index (χ0n) is 23.6. The molecule has 1 fully saturated rings. The number of benzene rings is 2. The number of ether oxygens (including phenoxy) is 7. The number of hydrogen-bond donors (Lipinski definition) is 7. The molecule has 0 unspecified atom stereocenters. The maximum atomic E-state index is 10.7. The number of phenols is 1. The molecule has 7 atom stereocenters. The number of aromatic hydroxyl groups is 1. The van der Waals surface area contributed by atoms with Crippen LogP contribution >= 0.6 is 0 Å². The summed E-state index contributed by atoms with van der Waals surface area (Å²) in [6, 6.07) is 5.99. The van der Waals surface area contributed by atoms with Crippen LogP contribution in [0, 0.1) is 0 Å². The van der Waals surface area contributed by atoms with Gasteiger partial charge in [-0.15, -0.1) is 0 Å². The summed E-state index contributed by atoms with van der Waals surface area (Å²) in [5.74, 6) is 0.139. The fourth-order valence-electron chi connectivity index (χ4n) is 4.43. The van der Waals surface area contributed by atoms with E-state index in [9.17, 15) is 30.6 Å². The van der Waals surface area contributed by atoms with Crippen molar-refractivity contribution in [1.29, 1.82) is 0 Å². The van der Waals surface area contributed by atoms with Crippen LogP contribution in [-0.4, -0.2) is 121 Å². The lowest BCUT2D eigenvalue weighted by Crippen LogP contribution is -2.59. The minimum Gasteiger partial charge on any atom is -0.502 e. The molecule has 7 N–H and O–H groups in total. The molecule has 0 spiro atoms. The second-order valence-corrected chi connectivity index (χ2v) is 9.21. The Morgan fingerprint density at radius 3 is 1.86 bits per heavy atom. The van der Waals surface area contributed by atoms with Gasteiger partial charge in [0.25, 0.3) is 0 Å². The molecule has 0 bridgehead atoms. The molecular weight excluding hydrogens is 560 g/mol. The molecule has 1 aliphatic heterocycles. The first-order valence-corrected chi connectivity index (χ1v) is 12.9. The Morgan fingerprint density at radius 2 is 1.38 bits per heavy atom. The van der Waals surface area contributed by atoms with Crippen molar-refractivity contribution in [3.05, 3.63) is 41.5 Å². The van der Waals surface area contributed by atoms with E-state index in [0.29, 0.717) is 5.56 Å². The van der Waals surface area contributed by atoms with Gasteiger partial charge in [-0.25, -0.2) is 0 Å². The van der Waals surface area contributed by atoms with Crippen LogP contribution in [-0.2, 0) is 9.47 Å². The topological polar surface area (TPSA) is 206 Å². The highest BCUT2D eigenvalue weighted by atomic mass is 16.7. The average Bonchev–Trinajstić information content (AvgIpc) is 3.01. The lowest BCUT2D eigenvalue weighted by atomic mass is 9.98. The minimum atomic E-state index is -1.77. The third kappa shape index (κ3) is 7.17. The predicted octanol–water partition coefficient (Wildman–Crippen LogP) is -0.270. The van der Waals surface area contributed by atoms with Crippen LogP contribution in [0.4, 0.5) is 0 Å². The molecule has 1 heterocycles. The van der Waals surface area contributed by atoms with Gasteiger partial charge in [0.05, 0.1) is 48.3 Å². The van der Waals surface area contributed by atoms with E-state index in [1.807, 2.05) is 0 Å². The van der Waals surface area contributed by atoms with E-state index in [1.54, 1.807) is 18.2 Å². The number of phenolic OH excluding ortho intramolecular Hbond substituents is 1. The number of hydrogen-bond acceptors (Lipinski definition) is 14. The molecule has 42 heavy (non-hydrogen) atoms. The molecule has 0 amide bonds. The number of methoxy groups -OCH3 is 4. The van der Waals surface area contributed by atoms with Gasteiger partial charge in [0, 0.05) is 0 Å².